The predicted molar refractivity (Wildman–Crippen MR) is 15.0 cm³/mol. The van der Waals surface area contributed by atoms with E-state index in [-0.39, 0.29) is 71.2 Å². The first-order chi connectivity index (χ1) is 1.00. The van der Waals surface area contributed by atoms with Crippen LogP contribution in [-0.4, -0.2) is 48.8 Å². The molecule has 0 fully saturated rings. The van der Waals surface area contributed by atoms with Crippen molar-refractivity contribution in [2.75, 3.05) is 0 Å². The second-order valence-corrected chi connectivity index (χ2v) is 0. The Morgan fingerprint density at radius 2 is 1.25 bits per heavy atom. The van der Waals surface area contributed by atoms with E-state index in [1.165, 1.54) is 0 Å². The molecule has 19 valence electrons. The summed E-state index contributed by atoms with van der Waals surface area (Å²) in [6, 6.07) is 0. The number of rotatable bonds is 0. The van der Waals surface area contributed by atoms with Gasteiger partial charge >= 0.3 is 51.5 Å². The van der Waals surface area contributed by atoms with Gasteiger partial charge in [-0.05, 0) is 0 Å². The summed E-state index contributed by atoms with van der Waals surface area (Å²) in [5, 5.41) is 0. The van der Waals surface area contributed by atoms with Gasteiger partial charge in [-0.15, -0.1) is 0 Å². The zero-order valence-electron chi connectivity index (χ0n) is 1.36. The average Bonchev–Trinajstić information content (AvgIpc) is 1.00. The molecule has 1 nitrogen and oxygen atoms in total. The van der Waals surface area contributed by atoms with Crippen LogP contribution in [0.5, 0.6) is 0 Å². The van der Waals surface area contributed by atoms with Gasteiger partial charge in [-0.3, -0.25) is 0 Å². The van der Waals surface area contributed by atoms with E-state index < -0.39 is 0 Å². The zero-order valence-corrected chi connectivity index (χ0v) is 7.44. The van der Waals surface area contributed by atoms with Crippen LogP contribution in [0.2, 0.25) is 0 Å². The SMILES string of the molecule is [MgH2].[Nb].[O]=[Pb]. The Hall–Kier alpha value is 2.23. The summed E-state index contributed by atoms with van der Waals surface area (Å²) < 4.78 is 8.39. The van der Waals surface area contributed by atoms with E-state index in [0.717, 1.165) is 0 Å². The van der Waals surface area contributed by atoms with Gasteiger partial charge in [-0.2, -0.15) is 0 Å². The van der Waals surface area contributed by atoms with Crippen molar-refractivity contribution in [3.05, 3.63) is 0 Å². The van der Waals surface area contributed by atoms with Gasteiger partial charge < -0.3 is 0 Å². The van der Waals surface area contributed by atoms with Crippen LogP contribution in [0.25, 0.3) is 0 Å². The van der Waals surface area contributed by atoms with Crippen molar-refractivity contribution < 1.29 is 25.1 Å². The van der Waals surface area contributed by atoms with Crippen molar-refractivity contribution in [3.63, 3.8) is 0 Å². The molecule has 0 unspecified atom stereocenters. The first kappa shape index (κ1) is 16.3. The monoisotopic (exact) mass is 343 g/mol. The molecule has 4 heavy (non-hydrogen) atoms. The summed E-state index contributed by atoms with van der Waals surface area (Å²) in [5.41, 5.74) is 0. The molecule has 0 aromatic carbocycles. The fourth-order valence-electron chi connectivity index (χ4n) is 0. The van der Waals surface area contributed by atoms with Crippen molar-refractivity contribution in [1.82, 2.24) is 0 Å². The van der Waals surface area contributed by atoms with Crippen LogP contribution >= 0.6 is 0 Å². The summed E-state index contributed by atoms with van der Waals surface area (Å²) in [6.45, 7) is 0. The molecule has 0 aliphatic rings. The topological polar surface area (TPSA) is 17.1 Å². The van der Waals surface area contributed by atoms with E-state index >= 15 is 0 Å². The van der Waals surface area contributed by atoms with Crippen LogP contribution in [-0.2, 0) is 25.1 Å². The molecule has 0 saturated heterocycles. The van der Waals surface area contributed by atoms with E-state index in [4.69, 9.17) is 2.69 Å². The molecule has 0 atom stereocenters. The van der Waals surface area contributed by atoms with Crippen LogP contribution in [0.4, 0.5) is 0 Å². The van der Waals surface area contributed by atoms with Gasteiger partial charge in [0.25, 0.3) is 0 Å². The Bertz CT molecular complexity index is 8.00. The maximum atomic E-state index is 8.39. The molecular weight excluding hydrogens is 340 g/mol. The number of hydrogen-bond acceptors (Lipinski definition) is 1. The van der Waals surface area contributed by atoms with E-state index in [1.54, 1.807) is 0 Å². The normalized spacial score (nSPS) is 1.00. The molecule has 4 heteroatoms. The molecule has 0 aliphatic heterocycles. The molecule has 0 N–H and O–H groups in total. The summed E-state index contributed by atoms with van der Waals surface area (Å²) in [5.74, 6) is 0. The fourth-order valence-corrected chi connectivity index (χ4v) is 0. The van der Waals surface area contributed by atoms with Gasteiger partial charge in [0, 0.05) is 22.4 Å². The average molecular weight is 342 g/mol. The van der Waals surface area contributed by atoms with Gasteiger partial charge in [-0.1, -0.05) is 0 Å². The second kappa shape index (κ2) is 18.8. The molecule has 0 heterocycles. The Kier molecular flexibility index (Phi) is 76.9. The van der Waals surface area contributed by atoms with E-state index in [2.05, 4.69) is 0 Å². The summed E-state index contributed by atoms with van der Waals surface area (Å²) in [6.07, 6.45) is 0. The molecule has 0 saturated carbocycles. The third-order valence-electron chi connectivity index (χ3n) is 0. The fraction of sp³-hybridized carbons (Fsp3) is 0. The minimum absolute atomic E-state index is 0. The third-order valence-corrected chi connectivity index (χ3v) is 0. The van der Waals surface area contributed by atoms with Gasteiger partial charge in [-0.25, -0.2) is 0 Å². The van der Waals surface area contributed by atoms with Crippen LogP contribution < -0.4 is 0 Å². The van der Waals surface area contributed by atoms with Crippen molar-refractivity contribution in [1.29, 1.82) is 0 Å². The van der Waals surface area contributed by atoms with Crippen molar-refractivity contribution in [2.45, 2.75) is 0 Å². The zero-order chi connectivity index (χ0) is 2.00. The standard InChI is InChI=1S/Mg.Nb.O.Pb.2H. The maximum absolute atomic E-state index is 8.39. The predicted octanol–water partition coefficient (Wildman–Crippen LogP) is -1.42. The molecule has 0 rings (SSSR count). The van der Waals surface area contributed by atoms with Crippen LogP contribution in [0.1, 0.15) is 0 Å². The van der Waals surface area contributed by atoms with Gasteiger partial charge in [0.15, 0.2) is 0 Å². The molecule has 3 radical (unpaired) electrons. The molecule has 0 bridgehead atoms. The molecule has 0 aromatic rings. The Labute approximate surface area is 72.7 Å². The van der Waals surface area contributed by atoms with Crippen LogP contribution in [0, 0.1) is 0 Å². The second-order valence-electron chi connectivity index (χ2n) is 0. The first-order valence-electron chi connectivity index (χ1n) is 0.204. The van der Waals surface area contributed by atoms with E-state index in [0.29, 0.717) is 0 Å². The molecular formula is H2MgNbOPb. The van der Waals surface area contributed by atoms with Crippen LogP contribution in [0.15, 0.2) is 0 Å². The molecule has 0 spiro atoms. The first-order valence-corrected chi connectivity index (χ1v) is 1.79. The molecule has 0 aromatic heterocycles. The Morgan fingerprint density at radius 3 is 1.25 bits per heavy atom. The Morgan fingerprint density at radius 1 is 1.25 bits per heavy atom. The summed E-state index contributed by atoms with van der Waals surface area (Å²) >= 11 is 0.0556. The van der Waals surface area contributed by atoms with Crippen LogP contribution in [0.3, 0.4) is 0 Å². The number of hydrogen-bond donors (Lipinski definition) is 0. The molecule has 0 aliphatic carbocycles. The van der Waals surface area contributed by atoms with Gasteiger partial charge in [0.05, 0.1) is 0 Å². The van der Waals surface area contributed by atoms with Gasteiger partial charge in [0.1, 0.15) is 0 Å². The third kappa shape index (κ3) is 8.87. The van der Waals surface area contributed by atoms with Crippen molar-refractivity contribution in [2.24, 2.45) is 0 Å². The van der Waals surface area contributed by atoms with E-state index in [1.807, 2.05) is 0 Å². The Balaban J connectivity index is -0.00000000500. The molecule has 0 amide bonds. The quantitative estimate of drug-likeness (QED) is 0.494. The summed E-state index contributed by atoms with van der Waals surface area (Å²) in [7, 11) is 0. The summed E-state index contributed by atoms with van der Waals surface area (Å²) in [4.78, 5) is 0. The van der Waals surface area contributed by atoms with Gasteiger partial charge in [0.2, 0.25) is 0 Å². The minimum atomic E-state index is 0. The van der Waals surface area contributed by atoms with E-state index in [9.17, 15) is 0 Å². The van der Waals surface area contributed by atoms with Crippen molar-refractivity contribution >= 4 is 48.8 Å². The van der Waals surface area contributed by atoms with Crippen molar-refractivity contribution in [3.8, 4) is 0 Å².